The van der Waals surface area contributed by atoms with E-state index in [9.17, 15) is 14.7 Å². The van der Waals surface area contributed by atoms with Crippen molar-refractivity contribution in [1.29, 1.82) is 0 Å². The first-order valence-corrected chi connectivity index (χ1v) is 9.53. The van der Waals surface area contributed by atoms with Gasteiger partial charge in [0.15, 0.2) is 5.78 Å². The smallest absolute Gasteiger partial charge is 0.238 e. The quantitative estimate of drug-likeness (QED) is 0.653. The van der Waals surface area contributed by atoms with Crippen molar-refractivity contribution in [3.8, 4) is 5.75 Å². The van der Waals surface area contributed by atoms with Crippen molar-refractivity contribution in [2.24, 2.45) is 5.92 Å². The topological polar surface area (TPSA) is 78.4 Å². The second-order valence-electron chi connectivity index (χ2n) is 5.33. The predicted molar refractivity (Wildman–Crippen MR) is 92.2 cm³/mol. The van der Waals surface area contributed by atoms with E-state index in [1.54, 1.807) is 38.1 Å². The predicted octanol–water partition coefficient (Wildman–Crippen LogP) is 0.859. The zero-order valence-electron chi connectivity index (χ0n) is 13.0. The molecular formula is C15H22N2O3S2. The summed E-state index contributed by atoms with van der Waals surface area (Å²) in [6, 6.07) is 6.16. The van der Waals surface area contributed by atoms with Crippen LogP contribution >= 0.6 is 0 Å². The summed E-state index contributed by atoms with van der Waals surface area (Å²) in [7, 11) is -0.529. The number of carbonyl (C=O) groups is 2. The van der Waals surface area contributed by atoms with E-state index in [0.717, 1.165) is 5.56 Å². The van der Waals surface area contributed by atoms with Crippen LogP contribution in [0, 0.1) is 5.92 Å². The van der Waals surface area contributed by atoms with Crippen LogP contribution in [0.1, 0.15) is 19.4 Å². The molecule has 1 amide bonds. The number of carbonyl (C=O) groups excluding carboxylic acids is 2. The average molecular weight is 342 g/mol. The Morgan fingerprint density at radius 1 is 1.27 bits per heavy atom. The lowest BCUT2D eigenvalue weighted by Crippen LogP contribution is -2.47. The lowest BCUT2D eigenvalue weighted by molar-refractivity contribution is -0.127. The molecule has 1 rings (SSSR count). The van der Waals surface area contributed by atoms with E-state index >= 15 is 0 Å². The van der Waals surface area contributed by atoms with Crippen LogP contribution in [0.3, 0.4) is 0 Å². The molecule has 3 N–H and O–H groups in total. The van der Waals surface area contributed by atoms with Crippen LogP contribution in [0.5, 0.6) is 5.75 Å². The SMILES string of the molecule is CC(C)C(=O)CNC(=O)[C@H](Cc1ccc(O)cc1)NS(C)=S. The van der Waals surface area contributed by atoms with Crippen LogP contribution in [0.15, 0.2) is 24.3 Å². The molecule has 0 aliphatic rings. The Bertz CT molecular complexity index is 544. The first-order chi connectivity index (χ1) is 10.3. The normalized spacial score (nSPS) is 13.6. The van der Waals surface area contributed by atoms with Gasteiger partial charge in [-0.25, -0.2) is 4.72 Å². The number of amides is 1. The number of aromatic hydroxyl groups is 1. The number of benzene rings is 1. The summed E-state index contributed by atoms with van der Waals surface area (Å²) in [5.74, 6) is -0.181. The third-order valence-electron chi connectivity index (χ3n) is 3.08. The minimum atomic E-state index is -0.529. The number of Topliss-reactive ketones (excluding diaryl/α,β-unsaturated/α-hetero) is 1. The first kappa shape index (κ1) is 18.7. The monoisotopic (exact) mass is 342 g/mol. The number of phenolic OH excluding ortho intramolecular Hbond substituents is 1. The summed E-state index contributed by atoms with van der Waals surface area (Å²) in [6.45, 7) is 3.62. The highest BCUT2D eigenvalue weighted by atomic mass is 32.8. The fourth-order valence-electron chi connectivity index (χ4n) is 1.76. The van der Waals surface area contributed by atoms with Crippen molar-refractivity contribution in [3.63, 3.8) is 0 Å². The van der Waals surface area contributed by atoms with Crippen LogP contribution in [0.4, 0.5) is 0 Å². The number of phenols is 1. The van der Waals surface area contributed by atoms with Gasteiger partial charge in [-0.2, -0.15) is 0 Å². The van der Waals surface area contributed by atoms with Crippen molar-refractivity contribution in [3.05, 3.63) is 29.8 Å². The molecule has 1 aromatic carbocycles. The zero-order chi connectivity index (χ0) is 16.7. The average Bonchev–Trinajstić information content (AvgIpc) is 2.45. The van der Waals surface area contributed by atoms with Crippen LogP contribution in [0.2, 0.25) is 0 Å². The molecule has 7 heteroatoms. The second-order valence-corrected chi connectivity index (χ2v) is 7.98. The third kappa shape index (κ3) is 6.64. The molecule has 22 heavy (non-hydrogen) atoms. The summed E-state index contributed by atoms with van der Waals surface area (Å²) in [5.41, 5.74) is 0.904. The zero-order valence-corrected chi connectivity index (χ0v) is 14.6. The Morgan fingerprint density at radius 3 is 2.36 bits per heavy atom. The van der Waals surface area contributed by atoms with Crippen molar-refractivity contribution in [2.45, 2.75) is 26.3 Å². The van der Waals surface area contributed by atoms with Gasteiger partial charge in [0.2, 0.25) is 5.91 Å². The van der Waals surface area contributed by atoms with E-state index in [1.807, 2.05) is 6.26 Å². The number of ketones is 1. The Balaban J connectivity index is 2.70. The molecule has 0 saturated carbocycles. The molecule has 0 heterocycles. The molecular weight excluding hydrogens is 320 g/mol. The van der Waals surface area contributed by atoms with Crippen molar-refractivity contribution >= 4 is 32.5 Å². The number of hydrogen-bond donors (Lipinski definition) is 3. The largest absolute Gasteiger partial charge is 0.508 e. The molecule has 2 atom stereocenters. The number of hydrogen-bond acceptors (Lipinski definition) is 4. The first-order valence-electron chi connectivity index (χ1n) is 6.97. The molecule has 0 radical (unpaired) electrons. The van der Waals surface area contributed by atoms with Gasteiger partial charge in [-0.05, 0) is 41.6 Å². The van der Waals surface area contributed by atoms with E-state index in [0.29, 0.717) is 6.42 Å². The summed E-state index contributed by atoms with van der Waals surface area (Å²) >= 11 is 5.12. The highest BCUT2D eigenvalue weighted by Gasteiger charge is 2.20. The maximum absolute atomic E-state index is 12.3. The number of nitrogens with one attached hydrogen (secondary N) is 2. The number of rotatable bonds is 8. The van der Waals surface area contributed by atoms with E-state index in [1.165, 1.54) is 0 Å². The molecule has 0 aliphatic heterocycles. The van der Waals surface area contributed by atoms with Crippen molar-refractivity contribution in [1.82, 2.24) is 10.0 Å². The van der Waals surface area contributed by atoms with Crippen LogP contribution in [-0.2, 0) is 36.8 Å². The summed E-state index contributed by atoms with van der Waals surface area (Å²) in [6.07, 6.45) is 2.25. The molecule has 122 valence electrons. The van der Waals surface area contributed by atoms with Gasteiger partial charge < -0.3 is 10.4 Å². The van der Waals surface area contributed by atoms with Gasteiger partial charge in [0.05, 0.1) is 6.54 Å². The maximum atomic E-state index is 12.3. The van der Waals surface area contributed by atoms with E-state index in [4.69, 9.17) is 11.2 Å². The Labute approximate surface area is 138 Å². The summed E-state index contributed by atoms with van der Waals surface area (Å²) < 4.78 is 3.05. The van der Waals surface area contributed by atoms with Crippen molar-refractivity contribution in [2.75, 3.05) is 12.8 Å². The standard InChI is InChI=1S/C15H22N2O3S2/c1-10(2)14(19)9-16-15(20)13(17-22(3)21)8-11-4-6-12(18)7-5-11/h4-7,10,13,17-18H,8-9H2,1-3H3,(H,16,20)/t13-,22?/m0/s1. The Kier molecular flexibility index (Phi) is 7.64. The molecule has 0 saturated heterocycles. The summed E-state index contributed by atoms with van der Waals surface area (Å²) in [5, 5.41) is 12.0. The van der Waals surface area contributed by atoms with E-state index in [-0.39, 0.29) is 29.9 Å². The molecule has 0 fully saturated rings. The summed E-state index contributed by atoms with van der Waals surface area (Å²) in [4.78, 5) is 23.9. The molecule has 0 spiro atoms. The molecule has 0 aromatic heterocycles. The molecule has 0 aliphatic carbocycles. The van der Waals surface area contributed by atoms with Crippen LogP contribution in [-0.4, -0.2) is 35.6 Å². The highest BCUT2D eigenvalue weighted by Crippen LogP contribution is 2.11. The van der Waals surface area contributed by atoms with Crippen molar-refractivity contribution < 1.29 is 14.7 Å². The van der Waals surface area contributed by atoms with Crippen LogP contribution in [0.25, 0.3) is 0 Å². The fraction of sp³-hybridized carbons (Fsp3) is 0.467. The Hall–Kier alpha value is -1.31. The molecule has 0 bridgehead atoms. The fourth-order valence-corrected chi connectivity index (χ4v) is 2.70. The van der Waals surface area contributed by atoms with E-state index < -0.39 is 15.7 Å². The lowest BCUT2D eigenvalue weighted by Gasteiger charge is -2.18. The van der Waals surface area contributed by atoms with Gasteiger partial charge in [-0.15, -0.1) is 0 Å². The molecule has 5 nitrogen and oxygen atoms in total. The van der Waals surface area contributed by atoms with Crippen LogP contribution < -0.4 is 10.0 Å². The lowest BCUT2D eigenvalue weighted by atomic mass is 10.1. The van der Waals surface area contributed by atoms with Gasteiger partial charge in [-0.3, -0.25) is 9.59 Å². The molecule has 1 unspecified atom stereocenters. The molecule has 1 aromatic rings. The third-order valence-corrected chi connectivity index (χ3v) is 3.99. The minimum Gasteiger partial charge on any atom is -0.508 e. The second kappa shape index (κ2) is 8.97. The van der Waals surface area contributed by atoms with E-state index in [2.05, 4.69) is 10.0 Å². The Morgan fingerprint density at radius 2 is 1.86 bits per heavy atom. The van der Waals surface area contributed by atoms with Gasteiger partial charge >= 0.3 is 0 Å². The maximum Gasteiger partial charge on any atom is 0.238 e. The van der Waals surface area contributed by atoms with Gasteiger partial charge in [0.1, 0.15) is 11.8 Å². The highest BCUT2D eigenvalue weighted by molar-refractivity contribution is 8.27. The van der Waals surface area contributed by atoms with Gasteiger partial charge in [-0.1, -0.05) is 35.6 Å². The minimum absolute atomic E-state index is 0.00870. The van der Waals surface area contributed by atoms with Gasteiger partial charge in [0.25, 0.3) is 0 Å². The van der Waals surface area contributed by atoms with Gasteiger partial charge in [0, 0.05) is 5.92 Å².